The lowest BCUT2D eigenvalue weighted by Gasteiger charge is -2.10. The largest absolute Gasteiger partial charge is 0.496 e. The van der Waals surface area contributed by atoms with Crippen molar-refractivity contribution in [1.29, 1.82) is 0 Å². The first-order valence-corrected chi connectivity index (χ1v) is 6.20. The van der Waals surface area contributed by atoms with Gasteiger partial charge in [-0.15, -0.1) is 0 Å². The summed E-state index contributed by atoms with van der Waals surface area (Å²) in [4.78, 5) is 11.2. The third-order valence-electron chi connectivity index (χ3n) is 2.82. The Morgan fingerprint density at radius 2 is 2.22 bits per heavy atom. The number of benzene rings is 1. The minimum Gasteiger partial charge on any atom is -0.496 e. The molecule has 2 N–H and O–H groups in total. The second-order valence-electron chi connectivity index (χ2n) is 4.22. The Balaban J connectivity index is 2.55. The van der Waals surface area contributed by atoms with Crippen LogP contribution in [0.1, 0.15) is 25.0 Å². The Labute approximate surface area is 108 Å². The van der Waals surface area contributed by atoms with Crippen LogP contribution >= 0.6 is 0 Å². The van der Waals surface area contributed by atoms with Crippen LogP contribution in [0.4, 0.5) is 0 Å². The zero-order chi connectivity index (χ0) is 13.5. The van der Waals surface area contributed by atoms with Crippen molar-refractivity contribution in [3.05, 3.63) is 29.3 Å². The maximum Gasteiger partial charge on any atom is 0.248 e. The first-order valence-electron chi connectivity index (χ1n) is 6.20. The SMILES string of the molecule is CCc1cc(CCNC(=O)C(C)O)ccc1OC. The van der Waals surface area contributed by atoms with Gasteiger partial charge in [-0.1, -0.05) is 19.1 Å². The zero-order valence-corrected chi connectivity index (χ0v) is 11.2. The highest BCUT2D eigenvalue weighted by Gasteiger charge is 2.07. The minimum absolute atomic E-state index is 0.334. The van der Waals surface area contributed by atoms with Gasteiger partial charge in [0.25, 0.3) is 0 Å². The van der Waals surface area contributed by atoms with Gasteiger partial charge in [-0.25, -0.2) is 0 Å². The molecule has 0 bridgehead atoms. The molecule has 4 nitrogen and oxygen atoms in total. The molecule has 0 aliphatic heterocycles. The fraction of sp³-hybridized carbons (Fsp3) is 0.500. The molecule has 1 aromatic carbocycles. The number of aliphatic hydroxyl groups excluding tert-OH is 1. The number of nitrogens with one attached hydrogen (secondary N) is 1. The number of hydrogen-bond donors (Lipinski definition) is 2. The van der Waals surface area contributed by atoms with Crippen LogP contribution in [-0.2, 0) is 17.6 Å². The van der Waals surface area contributed by atoms with E-state index in [1.807, 2.05) is 12.1 Å². The molecule has 0 radical (unpaired) electrons. The van der Waals surface area contributed by atoms with E-state index in [1.54, 1.807) is 7.11 Å². The van der Waals surface area contributed by atoms with Crippen molar-refractivity contribution in [2.75, 3.05) is 13.7 Å². The smallest absolute Gasteiger partial charge is 0.248 e. The summed E-state index contributed by atoms with van der Waals surface area (Å²) < 4.78 is 5.26. The lowest BCUT2D eigenvalue weighted by atomic mass is 10.1. The van der Waals surface area contributed by atoms with Crippen LogP contribution in [0.15, 0.2) is 18.2 Å². The summed E-state index contributed by atoms with van der Waals surface area (Å²) in [5, 5.41) is 11.7. The number of carbonyl (C=O) groups is 1. The molecule has 18 heavy (non-hydrogen) atoms. The molecule has 0 aromatic heterocycles. The van der Waals surface area contributed by atoms with Crippen molar-refractivity contribution >= 4 is 5.91 Å². The normalized spacial score (nSPS) is 12.0. The summed E-state index contributed by atoms with van der Waals surface area (Å²) in [6.45, 7) is 4.06. The maximum absolute atomic E-state index is 11.2. The molecule has 0 aliphatic carbocycles. The molecule has 1 aromatic rings. The molecular formula is C14H21NO3. The van der Waals surface area contributed by atoms with E-state index in [9.17, 15) is 4.79 Å². The highest BCUT2D eigenvalue weighted by Crippen LogP contribution is 2.20. The summed E-state index contributed by atoms with van der Waals surface area (Å²) >= 11 is 0. The van der Waals surface area contributed by atoms with Gasteiger partial charge in [-0.3, -0.25) is 4.79 Å². The van der Waals surface area contributed by atoms with Gasteiger partial charge in [-0.05, 0) is 37.0 Å². The highest BCUT2D eigenvalue weighted by molar-refractivity contribution is 5.79. The van der Waals surface area contributed by atoms with Crippen molar-refractivity contribution < 1.29 is 14.6 Å². The van der Waals surface area contributed by atoms with Crippen LogP contribution in [0.25, 0.3) is 0 Å². The Morgan fingerprint density at radius 1 is 1.50 bits per heavy atom. The number of rotatable bonds is 6. The Bertz CT molecular complexity index is 402. The minimum atomic E-state index is -0.952. The standard InChI is InChI=1S/C14H21NO3/c1-4-12-9-11(5-6-13(12)18-3)7-8-15-14(17)10(2)16/h5-6,9-10,16H,4,7-8H2,1-3H3,(H,15,17). The first-order chi connectivity index (χ1) is 8.58. The van der Waals surface area contributed by atoms with Gasteiger partial charge in [0, 0.05) is 6.54 Å². The molecule has 1 amide bonds. The second-order valence-corrected chi connectivity index (χ2v) is 4.22. The summed E-state index contributed by atoms with van der Waals surface area (Å²) in [5.41, 5.74) is 2.32. The van der Waals surface area contributed by atoms with Crippen molar-refractivity contribution in [3.63, 3.8) is 0 Å². The zero-order valence-electron chi connectivity index (χ0n) is 11.2. The van der Waals surface area contributed by atoms with Crippen LogP contribution in [0, 0.1) is 0 Å². The van der Waals surface area contributed by atoms with Crippen molar-refractivity contribution in [1.82, 2.24) is 5.32 Å². The van der Waals surface area contributed by atoms with Gasteiger partial charge in [0.2, 0.25) is 5.91 Å². The topological polar surface area (TPSA) is 58.6 Å². The van der Waals surface area contributed by atoms with Crippen LogP contribution in [-0.4, -0.2) is 30.8 Å². The predicted molar refractivity (Wildman–Crippen MR) is 70.8 cm³/mol. The molecule has 4 heteroatoms. The molecule has 1 unspecified atom stereocenters. The number of hydrogen-bond acceptors (Lipinski definition) is 3. The van der Waals surface area contributed by atoms with Gasteiger partial charge < -0.3 is 15.2 Å². The van der Waals surface area contributed by atoms with Gasteiger partial charge >= 0.3 is 0 Å². The van der Waals surface area contributed by atoms with Crippen LogP contribution < -0.4 is 10.1 Å². The molecule has 0 saturated carbocycles. The molecule has 0 spiro atoms. The molecule has 1 rings (SSSR count). The molecule has 1 atom stereocenters. The van der Waals surface area contributed by atoms with E-state index >= 15 is 0 Å². The molecule has 100 valence electrons. The lowest BCUT2D eigenvalue weighted by Crippen LogP contribution is -2.33. The Morgan fingerprint density at radius 3 is 2.78 bits per heavy atom. The summed E-state index contributed by atoms with van der Waals surface area (Å²) in [5.74, 6) is 0.563. The second kappa shape index (κ2) is 7.01. The van der Waals surface area contributed by atoms with Gasteiger partial charge in [0.05, 0.1) is 7.11 Å². The lowest BCUT2D eigenvalue weighted by molar-refractivity contribution is -0.128. The average Bonchev–Trinajstić information content (AvgIpc) is 2.38. The van der Waals surface area contributed by atoms with Crippen molar-refractivity contribution in [2.24, 2.45) is 0 Å². The summed E-state index contributed by atoms with van der Waals surface area (Å²) in [7, 11) is 1.66. The van der Waals surface area contributed by atoms with Gasteiger partial charge in [-0.2, -0.15) is 0 Å². The van der Waals surface area contributed by atoms with Crippen LogP contribution in [0.5, 0.6) is 5.75 Å². The van der Waals surface area contributed by atoms with Gasteiger partial charge in [0.1, 0.15) is 11.9 Å². The Kier molecular flexibility index (Phi) is 5.65. The van der Waals surface area contributed by atoms with Crippen molar-refractivity contribution in [2.45, 2.75) is 32.8 Å². The fourth-order valence-electron chi connectivity index (χ4n) is 1.74. The van der Waals surface area contributed by atoms with E-state index in [0.717, 1.165) is 29.7 Å². The average molecular weight is 251 g/mol. The molecule has 0 aliphatic rings. The highest BCUT2D eigenvalue weighted by atomic mass is 16.5. The number of aryl methyl sites for hydroxylation is 1. The fourth-order valence-corrected chi connectivity index (χ4v) is 1.74. The third kappa shape index (κ3) is 4.04. The molecular weight excluding hydrogens is 230 g/mol. The number of carbonyl (C=O) groups excluding carboxylic acids is 1. The number of amides is 1. The van der Waals surface area contributed by atoms with E-state index in [4.69, 9.17) is 9.84 Å². The first kappa shape index (κ1) is 14.5. The Hall–Kier alpha value is -1.55. The van der Waals surface area contributed by atoms with Gasteiger partial charge in [0.15, 0.2) is 0 Å². The van der Waals surface area contributed by atoms with Crippen LogP contribution in [0.2, 0.25) is 0 Å². The predicted octanol–water partition coefficient (Wildman–Crippen LogP) is 1.30. The molecule has 0 fully saturated rings. The van der Waals surface area contributed by atoms with E-state index in [0.29, 0.717) is 6.54 Å². The number of aliphatic hydroxyl groups is 1. The van der Waals surface area contributed by atoms with E-state index in [-0.39, 0.29) is 5.91 Å². The summed E-state index contributed by atoms with van der Waals surface area (Å²) in [6.07, 6.45) is 0.707. The van der Waals surface area contributed by atoms with E-state index in [1.165, 1.54) is 6.92 Å². The monoisotopic (exact) mass is 251 g/mol. The third-order valence-corrected chi connectivity index (χ3v) is 2.82. The van der Waals surface area contributed by atoms with Crippen molar-refractivity contribution in [3.8, 4) is 5.75 Å². The maximum atomic E-state index is 11.2. The summed E-state index contributed by atoms with van der Waals surface area (Å²) in [6, 6.07) is 6.03. The van der Waals surface area contributed by atoms with E-state index in [2.05, 4.69) is 18.3 Å². The number of methoxy groups -OCH3 is 1. The molecule has 0 saturated heterocycles. The van der Waals surface area contributed by atoms with E-state index < -0.39 is 6.10 Å². The quantitative estimate of drug-likeness (QED) is 0.801. The molecule has 0 heterocycles. The number of ether oxygens (including phenoxy) is 1. The van der Waals surface area contributed by atoms with Crippen LogP contribution in [0.3, 0.4) is 0 Å².